The fourth-order valence-corrected chi connectivity index (χ4v) is 7.19. The molecule has 1 N–H and O–H groups in total. The van der Waals surface area contributed by atoms with Gasteiger partial charge in [-0.3, -0.25) is 0 Å². The van der Waals surface area contributed by atoms with Crippen molar-refractivity contribution in [1.82, 2.24) is 5.32 Å². The van der Waals surface area contributed by atoms with Crippen molar-refractivity contribution in [3.8, 4) is 5.75 Å². The summed E-state index contributed by atoms with van der Waals surface area (Å²) in [7, 11) is 0. The Balaban J connectivity index is 1.47. The van der Waals surface area contributed by atoms with Crippen molar-refractivity contribution in [3.05, 3.63) is 28.8 Å². The first-order valence-corrected chi connectivity index (χ1v) is 10.3. The number of ether oxygens (including phenoxy) is 1. The number of halogens is 1. The molecule has 1 aromatic rings. The second-order valence-corrected chi connectivity index (χ2v) is 10.6. The monoisotopic (exact) mass is 361 g/mol. The smallest absolute Gasteiger partial charge is 0.138 e. The summed E-state index contributed by atoms with van der Waals surface area (Å²) in [6.45, 7) is 10.0. The Morgan fingerprint density at radius 2 is 1.80 bits per heavy atom. The van der Waals surface area contributed by atoms with E-state index in [0.717, 1.165) is 23.2 Å². The summed E-state index contributed by atoms with van der Waals surface area (Å²) in [5.41, 5.74) is 2.69. The molecule has 0 spiro atoms. The van der Waals surface area contributed by atoms with Crippen LogP contribution in [-0.2, 0) is 6.54 Å². The maximum Gasteiger partial charge on any atom is 0.138 e. The molecule has 2 unspecified atom stereocenters. The summed E-state index contributed by atoms with van der Waals surface area (Å²) in [6.07, 6.45) is 8.50. The molecular formula is C22H32ClNO. The Hall–Kier alpha value is -0.730. The first-order chi connectivity index (χ1) is 11.7. The van der Waals surface area contributed by atoms with Gasteiger partial charge in [-0.1, -0.05) is 31.5 Å². The van der Waals surface area contributed by atoms with Gasteiger partial charge in [0.15, 0.2) is 0 Å². The largest absolute Gasteiger partial charge is 0.489 e. The topological polar surface area (TPSA) is 21.3 Å². The molecule has 0 saturated heterocycles. The van der Waals surface area contributed by atoms with E-state index < -0.39 is 0 Å². The van der Waals surface area contributed by atoms with Crippen LogP contribution in [0.1, 0.15) is 71.8 Å². The molecule has 0 aromatic heterocycles. The van der Waals surface area contributed by atoms with E-state index in [9.17, 15) is 0 Å². The average Bonchev–Trinajstić information content (AvgIpc) is 2.43. The third-order valence-electron chi connectivity index (χ3n) is 6.65. The first-order valence-electron chi connectivity index (χ1n) is 9.89. The molecule has 138 valence electrons. The Morgan fingerprint density at radius 3 is 2.36 bits per heavy atom. The van der Waals surface area contributed by atoms with Gasteiger partial charge in [-0.15, -0.1) is 0 Å². The quantitative estimate of drug-likeness (QED) is 0.697. The maximum atomic E-state index is 6.42. The number of benzene rings is 1. The zero-order valence-corrected chi connectivity index (χ0v) is 16.9. The lowest BCUT2D eigenvalue weighted by Crippen LogP contribution is -2.63. The summed E-state index contributed by atoms with van der Waals surface area (Å²) in [6, 6.07) is 6.23. The lowest BCUT2D eigenvalue weighted by atomic mass is 9.43. The average molecular weight is 362 g/mol. The van der Waals surface area contributed by atoms with Crippen molar-refractivity contribution in [2.24, 2.45) is 16.7 Å². The standard InChI is InChI=1S/C22H32ClNO/c1-15(2)25-19-6-5-16(7-18(19)23)11-24-22-10-17-8-20(3,13-22)12-21(4,9-17)14-22/h5-7,15,17,24H,8-14H2,1-4H3. The predicted octanol–water partition coefficient (Wildman–Crippen LogP) is 5.97. The maximum absolute atomic E-state index is 6.42. The van der Waals surface area contributed by atoms with Gasteiger partial charge in [-0.2, -0.15) is 0 Å². The second kappa shape index (κ2) is 5.89. The van der Waals surface area contributed by atoms with Crippen molar-refractivity contribution in [1.29, 1.82) is 0 Å². The zero-order chi connectivity index (χ0) is 17.9. The van der Waals surface area contributed by atoms with Gasteiger partial charge in [-0.25, -0.2) is 0 Å². The highest BCUT2D eigenvalue weighted by Gasteiger charge is 2.59. The van der Waals surface area contributed by atoms with Crippen LogP contribution in [0.5, 0.6) is 5.75 Å². The van der Waals surface area contributed by atoms with Gasteiger partial charge in [0.25, 0.3) is 0 Å². The molecule has 3 heteroatoms. The molecule has 0 aliphatic heterocycles. The minimum absolute atomic E-state index is 0.148. The van der Waals surface area contributed by atoms with Gasteiger partial charge in [0.2, 0.25) is 0 Å². The molecule has 4 saturated carbocycles. The lowest BCUT2D eigenvalue weighted by Gasteiger charge is -2.65. The van der Waals surface area contributed by atoms with Gasteiger partial charge < -0.3 is 10.1 Å². The van der Waals surface area contributed by atoms with Crippen LogP contribution in [0.2, 0.25) is 5.02 Å². The van der Waals surface area contributed by atoms with E-state index in [1.54, 1.807) is 0 Å². The molecular weight excluding hydrogens is 330 g/mol. The van der Waals surface area contributed by atoms with E-state index in [1.807, 2.05) is 19.9 Å². The van der Waals surface area contributed by atoms with E-state index in [1.165, 1.54) is 44.1 Å². The number of hydrogen-bond donors (Lipinski definition) is 1. The molecule has 5 rings (SSSR count). The first kappa shape index (κ1) is 17.7. The molecule has 4 aliphatic carbocycles. The molecule has 2 nitrogen and oxygen atoms in total. The van der Waals surface area contributed by atoms with Crippen molar-refractivity contribution in [3.63, 3.8) is 0 Å². The van der Waals surface area contributed by atoms with Gasteiger partial charge in [0.05, 0.1) is 11.1 Å². The molecule has 0 amide bonds. The highest BCUT2D eigenvalue weighted by molar-refractivity contribution is 6.32. The molecule has 2 atom stereocenters. The summed E-state index contributed by atoms with van der Waals surface area (Å²) in [5.74, 6) is 1.71. The van der Waals surface area contributed by atoms with Crippen LogP contribution in [0.3, 0.4) is 0 Å². The van der Waals surface area contributed by atoms with Crippen molar-refractivity contribution < 1.29 is 4.74 Å². The Morgan fingerprint density at radius 1 is 1.12 bits per heavy atom. The molecule has 25 heavy (non-hydrogen) atoms. The van der Waals surface area contributed by atoms with E-state index in [-0.39, 0.29) is 6.10 Å². The molecule has 4 aliphatic rings. The second-order valence-electron chi connectivity index (χ2n) is 10.2. The minimum atomic E-state index is 0.148. The summed E-state index contributed by atoms with van der Waals surface area (Å²) in [4.78, 5) is 0. The van der Waals surface area contributed by atoms with Crippen molar-refractivity contribution in [2.45, 2.75) is 84.4 Å². The molecule has 4 fully saturated rings. The third-order valence-corrected chi connectivity index (χ3v) is 6.95. The normalized spacial score (nSPS) is 39.2. The third kappa shape index (κ3) is 3.45. The fraction of sp³-hybridized carbons (Fsp3) is 0.727. The highest BCUT2D eigenvalue weighted by atomic mass is 35.5. The van der Waals surface area contributed by atoms with Gasteiger partial charge in [-0.05, 0) is 86.8 Å². The van der Waals surface area contributed by atoms with Crippen LogP contribution in [0, 0.1) is 16.7 Å². The van der Waals surface area contributed by atoms with Gasteiger partial charge in [0, 0.05) is 12.1 Å². The summed E-state index contributed by atoms with van der Waals surface area (Å²) >= 11 is 6.42. The molecule has 0 radical (unpaired) electrons. The number of rotatable bonds is 5. The minimum Gasteiger partial charge on any atom is -0.489 e. The summed E-state index contributed by atoms with van der Waals surface area (Å²) < 4.78 is 5.75. The van der Waals surface area contributed by atoms with Gasteiger partial charge in [0.1, 0.15) is 5.75 Å². The molecule has 1 aromatic carbocycles. The zero-order valence-electron chi connectivity index (χ0n) is 16.1. The van der Waals surface area contributed by atoms with Crippen LogP contribution in [0.15, 0.2) is 18.2 Å². The van der Waals surface area contributed by atoms with E-state index >= 15 is 0 Å². The van der Waals surface area contributed by atoms with E-state index in [2.05, 4.69) is 31.3 Å². The SMILES string of the molecule is CC(C)Oc1ccc(CNC23CC4CC(C)(CC(C)(C4)C2)C3)cc1Cl. The van der Waals surface area contributed by atoms with Crippen LogP contribution in [0.4, 0.5) is 0 Å². The van der Waals surface area contributed by atoms with Crippen molar-refractivity contribution in [2.75, 3.05) is 0 Å². The van der Waals surface area contributed by atoms with Crippen LogP contribution < -0.4 is 10.1 Å². The summed E-state index contributed by atoms with van der Waals surface area (Å²) in [5, 5.41) is 4.70. The number of nitrogens with one attached hydrogen (secondary N) is 1. The van der Waals surface area contributed by atoms with Crippen LogP contribution >= 0.6 is 11.6 Å². The van der Waals surface area contributed by atoms with Gasteiger partial charge >= 0.3 is 0 Å². The highest BCUT2D eigenvalue weighted by Crippen LogP contribution is 2.66. The Labute approximate surface area is 157 Å². The van der Waals surface area contributed by atoms with E-state index in [4.69, 9.17) is 16.3 Å². The fourth-order valence-electron chi connectivity index (χ4n) is 6.94. The van der Waals surface area contributed by atoms with Crippen molar-refractivity contribution >= 4 is 11.6 Å². The molecule has 4 bridgehead atoms. The predicted molar refractivity (Wildman–Crippen MR) is 104 cm³/mol. The Kier molecular flexibility index (Phi) is 4.16. The van der Waals surface area contributed by atoms with Crippen LogP contribution in [0.25, 0.3) is 0 Å². The Bertz CT molecular complexity index is 652. The number of hydrogen-bond acceptors (Lipinski definition) is 2. The van der Waals surface area contributed by atoms with Crippen LogP contribution in [-0.4, -0.2) is 11.6 Å². The lowest BCUT2D eigenvalue weighted by molar-refractivity contribution is -0.118. The molecule has 0 heterocycles. The van der Waals surface area contributed by atoms with E-state index in [0.29, 0.717) is 16.4 Å².